The summed E-state index contributed by atoms with van der Waals surface area (Å²) in [6.07, 6.45) is 1.52. The summed E-state index contributed by atoms with van der Waals surface area (Å²) in [5.74, 6) is -0.505. The van der Waals surface area contributed by atoms with Gasteiger partial charge in [0.25, 0.3) is 5.91 Å². The molecule has 0 heterocycles. The van der Waals surface area contributed by atoms with Crippen LogP contribution in [0.2, 0.25) is 0 Å². The molecule has 0 unspecified atom stereocenters. The Morgan fingerprint density at radius 1 is 1.00 bits per heavy atom. The van der Waals surface area contributed by atoms with Crippen LogP contribution in [-0.4, -0.2) is 18.7 Å². The Morgan fingerprint density at radius 2 is 1.64 bits per heavy atom. The molecule has 0 bridgehead atoms. The molecule has 2 rings (SSSR count). The molecular formula is C18H14N2O2. The second-order valence-electron chi connectivity index (χ2n) is 4.57. The molecule has 0 atom stereocenters. The fourth-order valence-electron chi connectivity index (χ4n) is 1.94. The summed E-state index contributed by atoms with van der Waals surface area (Å²) in [7, 11) is 1.56. The molecule has 1 amide bonds. The number of hydrogen-bond acceptors (Lipinski definition) is 3. The van der Waals surface area contributed by atoms with Gasteiger partial charge >= 0.3 is 0 Å². The van der Waals surface area contributed by atoms with Crippen molar-refractivity contribution in [2.75, 3.05) is 7.05 Å². The van der Waals surface area contributed by atoms with E-state index in [1.807, 2.05) is 12.1 Å². The molecule has 0 fully saturated rings. The number of nitrogens with zero attached hydrogens (tertiary/aromatic N) is 1. The molecule has 4 heteroatoms. The van der Waals surface area contributed by atoms with Crippen molar-refractivity contribution >= 4 is 17.8 Å². The zero-order valence-electron chi connectivity index (χ0n) is 12.0. The number of benzene rings is 2. The first-order chi connectivity index (χ1) is 10.7. The van der Waals surface area contributed by atoms with Crippen LogP contribution in [0.3, 0.4) is 0 Å². The van der Waals surface area contributed by atoms with Crippen LogP contribution in [0.5, 0.6) is 0 Å². The van der Waals surface area contributed by atoms with Gasteiger partial charge in [-0.3, -0.25) is 9.59 Å². The Bertz CT molecular complexity index is 754. The van der Waals surface area contributed by atoms with E-state index in [2.05, 4.69) is 5.32 Å². The predicted molar refractivity (Wildman–Crippen MR) is 84.2 cm³/mol. The molecule has 0 aromatic heterocycles. The lowest BCUT2D eigenvalue weighted by Crippen LogP contribution is -2.17. The minimum Gasteiger partial charge on any atom is -0.355 e. The maximum Gasteiger partial charge on any atom is 0.251 e. The Hall–Kier alpha value is -3.19. The molecule has 0 saturated carbocycles. The van der Waals surface area contributed by atoms with Gasteiger partial charge in [-0.05, 0) is 23.8 Å². The van der Waals surface area contributed by atoms with Crippen LogP contribution in [0.15, 0.2) is 60.2 Å². The van der Waals surface area contributed by atoms with E-state index in [-0.39, 0.29) is 17.3 Å². The van der Waals surface area contributed by atoms with Gasteiger partial charge in [0.15, 0.2) is 0 Å². The third-order valence-electron chi connectivity index (χ3n) is 3.11. The van der Waals surface area contributed by atoms with E-state index in [9.17, 15) is 14.9 Å². The van der Waals surface area contributed by atoms with Crippen molar-refractivity contribution in [2.45, 2.75) is 0 Å². The van der Waals surface area contributed by atoms with Gasteiger partial charge in [-0.2, -0.15) is 5.26 Å². The summed E-state index contributed by atoms with van der Waals surface area (Å²) in [6.45, 7) is 0. The van der Waals surface area contributed by atoms with E-state index in [1.54, 1.807) is 55.6 Å². The topological polar surface area (TPSA) is 70.0 Å². The van der Waals surface area contributed by atoms with Gasteiger partial charge in [0, 0.05) is 18.2 Å². The van der Waals surface area contributed by atoms with E-state index >= 15 is 0 Å². The molecule has 0 aliphatic carbocycles. The molecule has 2 aromatic rings. The van der Waals surface area contributed by atoms with Gasteiger partial charge < -0.3 is 5.32 Å². The first kappa shape index (κ1) is 15.2. The monoisotopic (exact) mass is 290 g/mol. The van der Waals surface area contributed by atoms with Crippen molar-refractivity contribution in [2.24, 2.45) is 0 Å². The minimum absolute atomic E-state index is 0.0545. The molecule has 4 nitrogen and oxygen atoms in total. The lowest BCUT2D eigenvalue weighted by molar-refractivity contribution is 0.0962. The van der Waals surface area contributed by atoms with Crippen LogP contribution in [0.1, 0.15) is 26.3 Å². The third kappa shape index (κ3) is 3.47. The summed E-state index contributed by atoms with van der Waals surface area (Å²) < 4.78 is 0. The van der Waals surface area contributed by atoms with Crippen LogP contribution in [0.4, 0.5) is 0 Å². The summed E-state index contributed by atoms with van der Waals surface area (Å²) >= 11 is 0. The standard InChI is InChI=1S/C18H14N2O2/c1-20-18(22)15-9-7-13(8-10-15)11-16(12-19)17(21)14-5-3-2-4-6-14/h2-11H,1H3,(H,20,22). The fraction of sp³-hybridized carbons (Fsp3) is 0.0556. The first-order valence-corrected chi connectivity index (χ1v) is 6.69. The predicted octanol–water partition coefficient (Wildman–Crippen LogP) is 2.84. The highest BCUT2D eigenvalue weighted by atomic mass is 16.1. The Balaban J connectivity index is 2.28. The normalized spacial score (nSPS) is 10.6. The largest absolute Gasteiger partial charge is 0.355 e. The quantitative estimate of drug-likeness (QED) is 0.535. The van der Waals surface area contributed by atoms with Crippen LogP contribution in [0, 0.1) is 11.3 Å². The van der Waals surface area contributed by atoms with Gasteiger partial charge in [-0.1, -0.05) is 42.5 Å². The molecule has 1 N–H and O–H groups in total. The number of allylic oxidation sites excluding steroid dienone is 1. The van der Waals surface area contributed by atoms with E-state index in [4.69, 9.17) is 0 Å². The summed E-state index contributed by atoms with van der Waals surface area (Å²) in [4.78, 5) is 23.7. The summed E-state index contributed by atoms with van der Waals surface area (Å²) in [5, 5.41) is 11.7. The average Bonchev–Trinajstić information content (AvgIpc) is 2.59. The average molecular weight is 290 g/mol. The van der Waals surface area contributed by atoms with Crippen LogP contribution in [-0.2, 0) is 0 Å². The van der Waals surface area contributed by atoms with Gasteiger partial charge in [0.1, 0.15) is 11.6 Å². The van der Waals surface area contributed by atoms with Gasteiger partial charge in [-0.15, -0.1) is 0 Å². The number of hydrogen-bond donors (Lipinski definition) is 1. The zero-order chi connectivity index (χ0) is 15.9. The van der Waals surface area contributed by atoms with Crippen LogP contribution < -0.4 is 5.32 Å². The van der Waals surface area contributed by atoms with Crippen molar-refractivity contribution in [3.63, 3.8) is 0 Å². The molecule has 108 valence electrons. The lowest BCUT2D eigenvalue weighted by atomic mass is 10.0. The van der Waals surface area contributed by atoms with Crippen molar-refractivity contribution in [1.82, 2.24) is 5.32 Å². The maximum absolute atomic E-state index is 12.2. The number of nitrogens with one attached hydrogen (secondary N) is 1. The number of rotatable bonds is 4. The Kier molecular flexibility index (Phi) is 4.84. The highest BCUT2D eigenvalue weighted by Crippen LogP contribution is 2.13. The van der Waals surface area contributed by atoms with E-state index in [0.29, 0.717) is 16.7 Å². The molecule has 2 aromatic carbocycles. The molecule has 0 aliphatic rings. The molecule has 0 radical (unpaired) electrons. The van der Waals surface area contributed by atoms with Crippen molar-refractivity contribution in [1.29, 1.82) is 5.26 Å². The van der Waals surface area contributed by atoms with Crippen molar-refractivity contribution in [3.05, 3.63) is 76.9 Å². The van der Waals surface area contributed by atoms with Crippen molar-refractivity contribution < 1.29 is 9.59 Å². The van der Waals surface area contributed by atoms with E-state index in [0.717, 1.165) is 0 Å². The van der Waals surface area contributed by atoms with Gasteiger partial charge in [0.2, 0.25) is 5.78 Å². The fourth-order valence-corrected chi connectivity index (χ4v) is 1.94. The second kappa shape index (κ2) is 7.00. The lowest BCUT2D eigenvalue weighted by Gasteiger charge is -2.02. The summed E-state index contributed by atoms with van der Waals surface area (Å²) in [6, 6.07) is 17.3. The van der Waals surface area contributed by atoms with E-state index in [1.165, 1.54) is 6.08 Å². The highest BCUT2D eigenvalue weighted by molar-refractivity contribution is 6.14. The molecule has 0 saturated heterocycles. The summed E-state index contributed by atoms with van der Waals surface area (Å²) in [5.41, 5.74) is 1.73. The number of carbonyl (C=O) groups is 2. The molecule has 0 spiro atoms. The number of ketones is 1. The molecule has 0 aliphatic heterocycles. The third-order valence-corrected chi connectivity index (χ3v) is 3.11. The highest BCUT2D eigenvalue weighted by Gasteiger charge is 2.11. The maximum atomic E-state index is 12.2. The van der Waals surface area contributed by atoms with Gasteiger partial charge in [-0.25, -0.2) is 0 Å². The zero-order valence-corrected chi connectivity index (χ0v) is 12.0. The SMILES string of the molecule is CNC(=O)c1ccc(C=C(C#N)C(=O)c2ccccc2)cc1. The van der Waals surface area contributed by atoms with E-state index < -0.39 is 0 Å². The second-order valence-corrected chi connectivity index (χ2v) is 4.57. The Morgan fingerprint density at radius 3 is 2.18 bits per heavy atom. The van der Waals surface area contributed by atoms with Crippen LogP contribution in [0.25, 0.3) is 6.08 Å². The molecular weight excluding hydrogens is 276 g/mol. The van der Waals surface area contributed by atoms with Crippen molar-refractivity contribution in [3.8, 4) is 6.07 Å². The molecule has 22 heavy (non-hydrogen) atoms. The number of carbonyl (C=O) groups excluding carboxylic acids is 2. The number of Topliss-reactive ketones (excluding diaryl/α,β-unsaturated/α-hetero) is 1. The first-order valence-electron chi connectivity index (χ1n) is 6.69. The minimum atomic E-state index is -0.321. The smallest absolute Gasteiger partial charge is 0.251 e. The number of amides is 1. The Labute approximate surface area is 128 Å². The number of nitriles is 1. The van der Waals surface area contributed by atoms with Gasteiger partial charge in [0.05, 0.1) is 0 Å². The van der Waals surface area contributed by atoms with Crippen LogP contribution >= 0.6 is 0 Å².